The summed E-state index contributed by atoms with van der Waals surface area (Å²) in [6, 6.07) is -0.194. The first kappa shape index (κ1) is 15.7. The number of amides is 1. The molecule has 0 aromatic rings. The number of ether oxygens (including phenoxy) is 1. The second-order valence-electron chi connectivity index (χ2n) is 5.94. The van der Waals surface area contributed by atoms with Crippen molar-refractivity contribution in [2.24, 2.45) is 0 Å². The minimum atomic E-state index is -0.376. The molecule has 6 heteroatoms. The molecule has 0 unspecified atom stereocenters. The molecule has 0 aromatic heterocycles. The number of nitrogens with zero attached hydrogens (tertiary/aromatic N) is 2. The number of aliphatic hydroxyl groups is 1. The molecule has 6 nitrogen and oxygen atoms in total. The molecule has 2 N–H and O–H groups in total. The zero-order chi connectivity index (χ0) is 14.5. The highest BCUT2D eigenvalue weighted by Gasteiger charge is 2.32. The summed E-state index contributed by atoms with van der Waals surface area (Å²) in [5.74, 6) is 0.139. The van der Waals surface area contributed by atoms with E-state index in [1.165, 1.54) is 0 Å². The van der Waals surface area contributed by atoms with Gasteiger partial charge in [-0.25, -0.2) is 0 Å². The molecular weight excluding hydrogens is 258 g/mol. The third kappa shape index (κ3) is 4.41. The number of β-amino-alcohol motifs (C(OH)–C–C–N with tert-alkyl or cyclic N) is 1. The van der Waals surface area contributed by atoms with Crippen molar-refractivity contribution in [3.63, 3.8) is 0 Å². The third-order valence-electron chi connectivity index (χ3n) is 3.95. The van der Waals surface area contributed by atoms with Gasteiger partial charge in [-0.2, -0.15) is 0 Å². The van der Waals surface area contributed by atoms with Gasteiger partial charge < -0.3 is 20.1 Å². The number of aliphatic hydroxyl groups excluding tert-OH is 1. The smallest absolute Gasteiger partial charge is 0.239 e. The van der Waals surface area contributed by atoms with Crippen LogP contribution in [-0.4, -0.2) is 84.9 Å². The maximum absolute atomic E-state index is 12.3. The van der Waals surface area contributed by atoms with Crippen molar-refractivity contribution in [1.82, 2.24) is 15.1 Å². The highest BCUT2D eigenvalue weighted by atomic mass is 16.5. The monoisotopic (exact) mass is 285 g/mol. The Morgan fingerprint density at radius 1 is 1.35 bits per heavy atom. The summed E-state index contributed by atoms with van der Waals surface area (Å²) in [5, 5.41) is 12.6. The van der Waals surface area contributed by atoms with E-state index in [0.717, 1.165) is 39.3 Å². The lowest BCUT2D eigenvalue weighted by atomic mass is 10.1. The van der Waals surface area contributed by atoms with Crippen LogP contribution in [0.15, 0.2) is 0 Å². The van der Waals surface area contributed by atoms with E-state index in [9.17, 15) is 9.90 Å². The SMILES string of the molecule is CC(C)OCCN1CCN(C(=O)[C@H]2C[C@H](O)CN2)CC1. The van der Waals surface area contributed by atoms with E-state index >= 15 is 0 Å². The first-order chi connectivity index (χ1) is 9.56. The van der Waals surface area contributed by atoms with Crippen LogP contribution in [0.3, 0.4) is 0 Å². The van der Waals surface area contributed by atoms with E-state index < -0.39 is 0 Å². The maximum atomic E-state index is 12.3. The number of rotatable bonds is 5. The van der Waals surface area contributed by atoms with E-state index in [2.05, 4.69) is 10.2 Å². The molecule has 2 aliphatic rings. The van der Waals surface area contributed by atoms with Crippen LogP contribution in [0.5, 0.6) is 0 Å². The molecule has 2 atom stereocenters. The summed E-state index contributed by atoms with van der Waals surface area (Å²) in [5.41, 5.74) is 0. The highest BCUT2D eigenvalue weighted by molar-refractivity contribution is 5.82. The summed E-state index contributed by atoms with van der Waals surface area (Å²) in [6.07, 6.45) is 0.442. The average molecular weight is 285 g/mol. The molecule has 0 bridgehead atoms. The Bertz CT molecular complexity index is 317. The number of nitrogens with one attached hydrogen (secondary N) is 1. The van der Waals surface area contributed by atoms with Crippen LogP contribution in [0, 0.1) is 0 Å². The number of carbonyl (C=O) groups excluding carboxylic acids is 1. The van der Waals surface area contributed by atoms with Crippen molar-refractivity contribution < 1.29 is 14.6 Å². The van der Waals surface area contributed by atoms with Gasteiger partial charge in [0.25, 0.3) is 0 Å². The summed E-state index contributed by atoms with van der Waals surface area (Å²) < 4.78 is 5.55. The van der Waals surface area contributed by atoms with E-state index in [4.69, 9.17) is 4.74 Å². The minimum Gasteiger partial charge on any atom is -0.392 e. The average Bonchev–Trinajstić information content (AvgIpc) is 2.85. The van der Waals surface area contributed by atoms with Crippen LogP contribution >= 0.6 is 0 Å². The Balaban J connectivity index is 1.67. The lowest BCUT2D eigenvalue weighted by molar-refractivity contribution is -0.135. The van der Waals surface area contributed by atoms with Gasteiger partial charge in [0, 0.05) is 39.3 Å². The van der Waals surface area contributed by atoms with Gasteiger partial charge in [-0.1, -0.05) is 0 Å². The molecule has 2 aliphatic heterocycles. The number of hydrogen-bond donors (Lipinski definition) is 2. The topological polar surface area (TPSA) is 65.0 Å². The Kier molecular flexibility index (Phi) is 5.77. The predicted octanol–water partition coefficient (Wildman–Crippen LogP) is -0.722. The van der Waals surface area contributed by atoms with Crippen molar-refractivity contribution in [3.05, 3.63) is 0 Å². The summed E-state index contributed by atoms with van der Waals surface area (Å²) >= 11 is 0. The predicted molar refractivity (Wildman–Crippen MR) is 76.5 cm³/mol. The lowest BCUT2D eigenvalue weighted by Crippen LogP contribution is -2.53. The quantitative estimate of drug-likeness (QED) is 0.698. The standard InChI is InChI=1S/C14H27N3O3/c1-11(2)20-8-7-16-3-5-17(6-4-16)14(19)13-9-12(18)10-15-13/h11-13,15,18H,3-10H2,1-2H3/t12-,13+/m0/s1. The van der Waals surface area contributed by atoms with Gasteiger partial charge in [0.15, 0.2) is 0 Å². The third-order valence-corrected chi connectivity index (χ3v) is 3.95. The van der Waals surface area contributed by atoms with Crippen LogP contribution in [0.1, 0.15) is 20.3 Å². The summed E-state index contributed by atoms with van der Waals surface area (Å²) in [4.78, 5) is 16.5. The van der Waals surface area contributed by atoms with Crippen LogP contribution < -0.4 is 5.32 Å². The lowest BCUT2D eigenvalue weighted by Gasteiger charge is -2.36. The molecule has 0 spiro atoms. The van der Waals surface area contributed by atoms with Gasteiger partial charge in [-0.05, 0) is 20.3 Å². The summed E-state index contributed by atoms with van der Waals surface area (Å²) in [6.45, 7) is 9.65. The normalized spacial score (nSPS) is 28.3. The zero-order valence-corrected chi connectivity index (χ0v) is 12.5. The molecular formula is C14H27N3O3. The molecule has 2 heterocycles. The number of hydrogen-bond acceptors (Lipinski definition) is 5. The van der Waals surface area contributed by atoms with Gasteiger partial charge in [0.1, 0.15) is 0 Å². The van der Waals surface area contributed by atoms with Gasteiger partial charge in [0.05, 0.1) is 24.9 Å². The fraction of sp³-hybridized carbons (Fsp3) is 0.929. The van der Waals surface area contributed by atoms with E-state index in [-0.39, 0.29) is 24.2 Å². The second-order valence-corrected chi connectivity index (χ2v) is 5.94. The van der Waals surface area contributed by atoms with Crippen molar-refractivity contribution >= 4 is 5.91 Å². The van der Waals surface area contributed by atoms with Gasteiger partial charge >= 0.3 is 0 Å². The maximum Gasteiger partial charge on any atom is 0.239 e. The van der Waals surface area contributed by atoms with Gasteiger partial charge in [-0.15, -0.1) is 0 Å². The van der Waals surface area contributed by atoms with Gasteiger partial charge in [0.2, 0.25) is 5.91 Å². The van der Waals surface area contributed by atoms with E-state index in [1.807, 2.05) is 18.7 Å². The largest absolute Gasteiger partial charge is 0.392 e. The first-order valence-corrected chi connectivity index (χ1v) is 7.60. The van der Waals surface area contributed by atoms with E-state index in [0.29, 0.717) is 13.0 Å². The molecule has 1 amide bonds. The van der Waals surface area contributed by atoms with Crippen LogP contribution in [0.25, 0.3) is 0 Å². The molecule has 0 aliphatic carbocycles. The molecule has 2 fully saturated rings. The van der Waals surface area contributed by atoms with E-state index in [1.54, 1.807) is 0 Å². The Morgan fingerprint density at radius 3 is 2.60 bits per heavy atom. The second kappa shape index (κ2) is 7.36. The van der Waals surface area contributed by atoms with Crippen LogP contribution in [-0.2, 0) is 9.53 Å². The van der Waals surface area contributed by atoms with Crippen molar-refractivity contribution in [2.75, 3.05) is 45.9 Å². The molecule has 20 heavy (non-hydrogen) atoms. The molecule has 2 saturated heterocycles. The van der Waals surface area contributed by atoms with Gasteiger partial charge in [-0.3, -0.25) is 9.69 Å². The van der Waals surface area contributed by atoms with Crippen molar-refractivity contribution in [3.8, 4) is 0 Å². The molecule has 0 saturated carbocycles. The van der Waals surface area contributed by atoms with Crippen LogP contribution in [0.4, 0.5) is 0 Å². The van der Waals surface area contributed by atoms with Crippen molar-refractivity contribution in [1.29, 1.82) is 0 Å². The Labute approximate surface area is 121 Å². The fourth-order valence-electron chi connectivity index (χ4n) is 2.73. The molecule has 116 valence electrons. The Morgan fingerprint density at radius 2 is 2.05 bits per heavy atom. The molecule has 2 rings (SSSR count). The zero-order valence-electron chi connectivity index (χ0n) is 12.5. The molecule has 0 radical (unpaired) electrons. The van der Waals surface area contributed by atoms with Crippen LogP contribution in [0.2, 0.25) is 0 Å². The fourth-order valence-corrected chi connectivity index (χ4v) is 2.73. The first-order valence-electron chi connectivity index (χ1n) is 7.60. The summed E-state index contributed by atoms with van der Waals surface area (Å²) in [7, 11) is 0. The highest BCUT2D eigenvalue weighted by Crippen LogP contribution is 2.11. The molecule has 0 aromatic carbocycles. The minimum absolute atomic E-state index is 0.139. The number of piperazine rings is 1. The Hall–Kier alpha value is -0.690. The number of carbonyl (C=O) groups is 1. The van der Waals surface area contributed by atoms with Crippen molar-refractivity contribution in [2.45, 2.75) is 38.5 Å².